The SMILES string of the molecule is O=C=Nc1ccc(CC(C(=O)O)N(CCN(CC(=O)O)CC(=O)O)CC(=O)O)cc1. The van der Waals surface area contributed by atoms with Crippen molar-refractivity contribution >= 4 is 35.6 Å². The van der Waals surface area contributed by atoms with Crippen molar-refractivity contribution in [2.75, 3.05) is 32.7 Å². The van der Waals surface area contributed by atoms with Crippen LogP contribution in [0.4, 0.5) is 5.69 Å². The minimum Gasteiger partial charge on any atom is -0.480 e. The van der Waals surface area contributed by atoms with E-state index in [0.29, 0.717) is 11.3 Å². The maximum Gasteiger partial charge on any atom is 0.321 e. The van der Waals surface area contributed by atoms with Crippen LogP contribution in [0.15, 0.2) is 29.3 Å². The van der Waals surface area contributed by atoms with Crippen LogP contribution in [0.3, 0.4) is 0 Å². The second-order valence-corrected chi connectivity index (χ2v) is 6.29. The van der Waals surface area contributed by atoms with Crippen LogP contribution in [0.2, 0.25) is 0 Å². The number of isocyanates is 1. The number of carboxylic acids is 4. The van der Waals surface area contributed by atoms with E-state index in [4.69, 9.17) is 15.3 Å². The summed E-state index contributed by atoms with van der Waals surface area (Å²) >= 11 is 0. The summed E-state index contributed by atoms with van der Waals surface area (Å²) < 4.78 is 0. The molecule has 0 bridgehead atoms. The Labute approximate surface area is 170 Å². The minimum atomic E-state index is -1.30. The van der Waals surface area contributed by atoms with E-state index >= 15 is 0 Å². The van der Waals surface area contributed by atoms with E-state index in [1.54, 1.807) is 0 Å². The lowest BCUT2D eigenvalue weighted by Gasteiger charge is -2.29. The molecule has 0 radical (unpaired) electrons. The van der Waals surface area contributed by atoms with Gasteiger partial charge in [0, 0.05) is 13.1 Å². The van der Waals surface area contributed by atoms with Crippen LogP contribution in [-0.4, -0.2) is 98.9 Å². The van der Waals surface area contributed by atoms with Crippen molar-refractivity contribution in [3.05, 3.63) is 29.8 Å². The van der Waals surface area contributed by atoms with E-state index < -0.39 is 49.6 Å². The Morgan fingerprint density at radius 1 is 0.867 bits per heavy atom. The highest BCUT2D eigenvalue weighted by Crippen LogP contribution is 2.15. The monoisotopic (exact) mass is 423 g/mol. The summed E-state index contributed by atoms with van der Waals surface area (Å²) in [6.45, 7) is -2.17. The van der Waals surface area contributed by atoms with Crippen molar-refractivity contribution in [1.82, 2.24) is 9.80 Å². The summed E-state index contributed by atoms with van der Waals surface area (Å²) in [5.41, 5.74) is 0.858. The van der Waals surface area contributed by atoms with Gasteiger partial charge < -0.3 is 20.4 Å². The van der Waals surface area contributed by atoms with E-state index in [1.165, 1.54) is 30.3 Å². The van der Waals surface area contributed by atoms with Crippen LogP contribution in [0.25, 0.3) is 0 Å². The highest BCUT2D eigenvalue weighted by atomic mass is 16.4. The standard InChI is InChI=1S/C18H21N3O9/c22-11-19-13-3-1-12(2-4-13)7-14(18(29)30)21(10-17(27)28)6-5-20(8-15(23)24)9-16(25)26/h1-4,14H,5-10H2,(H,23,24)(H,25,26)(H,27,28)(H,29,30). The Bertz CT molecular complexity index is 803. The molecule has 0 amide bonds. The average Bonchev–Trinajstić information content (AvgIpc) is 2.63. The molecule has 30 heavy (non-hydrogen) atoms. The van der Waals surface area contributed by atoms with E-state index in [9.17, 15) is 29.1 Å². The third-order valence-corrected chi connectivity index (χ3v) is 4.03. The zero-order chi connectivity index (χ0) is 22.7. The second-order valence-electron chi connectivity index (χ2n) is 6.29. The second kappa shape index (κ2) is 12.1. The van der Waals surface area contributed by atoms with Gasteiger partial charge in [0.2, 0.25) is 6.08 Å². The van der Waals surface area contributed by atoms with Gasteiger partial charge in [0.05, 0.1) is 25.3 Å². The van der Waals surface area contributed by atoms with Crippen molar-refractivity contribution < 1.29 is 44.4 Å². The number of carbonyl (C=O) groups is 4. The maximum absolute atomic E-state index is 11.8. The normalized spacial score (nSPS) is 11.7. The first-order valence-electron chi connectivity index (χ1n) is 8.63. The molecular weight excluding hydrogens is 402 g/mol. The lowest BCUT2D eigenvalue weighted by molar-refractivity contribution is -0.148. The number of carbonyl (C=O) groups excluding carboxylic acids is 1. The number of nitrogens with zero attached hydrogens (tertiary/aromatic N) is 3. The zero-order valence-electron chi connectivity index (χ0n) is 15.8. The Morgan fingerprint density at radius 3 is 1.83 bits per heavy atom. The van der Waals surface area contributed by atoms with Gasteiger partial charge in [-0.2, -0.15) is 4.99 Å². The third-order valence-electron chi connectivity index (χ3n) is 4.03. The minimum absolute atomic E-state index is 0.0778. The van der Waals surface area contributed by atoms with Gasteiger partial charge in [-0.3, -0.25) is 29.0 Å². The smallest absolute Gasteiger partial charge is 0.321 e. The zero-order valence-corrected chi connectivity index (χ0v) is 15.8. The van der Waals surface area contributed by atoms with Gasteiger partial charge in [-0.25, -0.2) is 4.79 Å². The number of rotatable bonds is 14. The summed E-state index contributed by atoms with van der Waals surface area (Å²) in [5.74, 6) is -5.13. The van der Waals surface area contributed by atoms with Gasteiger partial charge >= 0.3 is 23.9 Å². The van der Waals surface area contributed by atoms with Gasteiger partial charge in [0.25, 0.3) is 0 Å². The summed E-state index contributed by atoms with van der Waals surface area (Å²) in [4.78, 5) is 60.7. The first kappa shape index (κ1) is 24.4. The molecule has 0 heterocycles. The number of carboxylic acid groups (broad SMARTS) is 4. The fourth-order valence-corrected chi connectivity index (χ4v) is 2.74. The number of hydrogen-bond acceptors (Lipinski definition) is 8. The molecule has 162 valence electrons. The molecule has 1 aromatic rings. The van der Waals surface area contributed by atoms with Crippen LogP contribution in [0.1, 0.15) is 5.56 Å². The topological polar surface area (TPSA) is 185 Å². The molecule has 1 atom stereocenters. The highest BCUT2D eigenvalue weighted by molar-refractivity contribution is 5.76. The van der Waals surface area contributed by atoms with Crippen LogP contribution in [0, 0.1) is 0 Å². The average molecular weight is 423 g/mol. The van der Waals surface area contributed by atoms with Crippen molar-refractivity contribution in [3.8, 4) is 0 Å². The molecular formula is C18H21N3O9. The number of hydrogen-bond donors (Lipinski definition) is 4. The number of aliphatic carboxylic acids is 4. The largest absolute Gasteiger partial charge is 0.480 e. The molecule has 0 saturated heterocycles. The van der Waals surface area contributed by atoms with Crippen LogP contribution in [0.5, 0.6) is 0 Å². The fraction of sp³-hybridized carbons (Fsp3) is 0.389. The molecule has 12 nitrogen and oxygen atoms in total. The van der Waals surface area contributed by atoms with Crippen molar-refractivity contribution in [3.63, 3.8) is 0 Å². The van der Waals surface area contributed by atoms with E-state index in [1.807, 2.05) is 0 Å². The van der Waals surface area contributed by atoms with Gasteiger partial charge in [-0.1, -0.05) is 12.1 Å². The quantitative estimate of drug-likeness (QED) is 0.223. The van der Waals surface area contributed by atoms with Gasteiger partial charge in [-0.05, 0) is 24.1 Å². The van der Waals surface area contributed by atoms with E-state index in [-0.39, 0.29) is 19.5 Å². The van der Waals surface area contributed by atoms with Crippen LogP contribution >= 0.6 is 0 Å². The van der Waals surface area contributed by atoms with Crippen LogP contribution < -0.4 is 0 Å². The van der Waals surface area contributed by atoms with Crippen LogP contribution in [-0.2, 0) is 30.4 Å². The predicted octanol–water partition coefficient (Wildman–Crippen LogP) is -0.493. The summed E-state index contributed by atoms with van der Waals surface area (Å²) in [5, 5.41) is 36.5. The molecule has 0 saturated carbocycles. The molecule has 0 aliphatic heterocycles. The van der Waals surface area contributed by atoms with Gasteiger partial charge in [-0.15, -0.1) is 0 Å². The Hall–Kier alpha value is -3.60. The Balaban J connectivity index is 2.99. The van der Waals surface area contributed by atoms with Crippen molar-refractivity contribution in [1.29, 1.82) is 0 Å². The predicted molar refractivity (Wildman–Crippen MR) is 100 cm³/mol. The highest BCUT2D eigenvalue weighted by Gasteiger charge is 2.28. The summed E-state index contributed by atoms with van der Waals surface area (Å²) in [7, 11) is 0. The molecule has 1 aromatic carbocycles. The number of benzene rings is 1. The number of aliphatic imine (C=N–C) groups is 1. The van der Waals surface area contributed by atoms with Crippen molar-refractivity contribution in [2.45, 2.75) is 12.5 Å². The molecule has 12 heteroatoms. The molecule has 0 fully saturated rings. The van der Waals surface area contributed by atoms with E-state index in [2.05, 4.69) is 4.99 Å². The maximum atomic E-state index is 11.8. The molecule has 0 aromatic heterocycles. The first-order valence-corrected chi connectivity index (χ1v) is 8.63. The fourth-order valence-electron chi connectivity index (χ4n) is 2.74. The molecule has 0 spiro atoms. The van der Waals surface area contributed by atoms with Crippen molar-refractivity contribution in [2.24, 2.45) is 4.99 Å². The summed E-state index contributed by atoms with van der Waals surface area (Å²) in [6, 6.07) is 4.75. The lowest BCUT2D eigenvalue weighted by atomic mass is 10.0. The summed E-state index contributed by atoms with van der Waals surface area (Å²) in [6.07, 6.45) is 1.30. The molecule has 4 N–H and O–H groups in total. The molecule has 0 aliphatic carbocycles. The van der Waals surface area contributed by atoms with Gasteiger partial charge in [0.1, 0.15) is 6.04 Å². The molecule has 1 unspecified atom stereocenters. The molecule has 0 aliphatic rings. The van der Waals surface area contributed by atoms with E-state index in [0.717, 1.165) is 9.80 Å². The Morgan fingerprint density at radius 2 is 1.40 bits per heavy atom. The lowest BCUT2D eigenvalue weighted by Crippen LogP contribution is -2.49. The molecule has 1 rings (SSSR count). The first-order chi connectivity index (χ1) is 14.1. The third kappa shape index (κ3) is 9.06. The Kier molecular flexibility index (Phi) is 9.83. The van der Waals surface area contributed by atoms with Gasteiger partial charge in [0.15, 0.2) is 0 Å².